The minimum absolute atomic E-state index is 0.122. The maximum absolute atomic E-state index is 13.2. The largest absolute Gasteiger partial charge is 0.461 e. The Kier molecular flexibility index (Phi) is 7.60. The van der Waals surface area contributed by atoms with E-state index in [1.165, 1.54) is 6.92 Å². The van der Waals surface area contributed by atoms with Gasteiger partial charge in [0.05, 0.1) is 12.6 Å². The van der Waals surface area contributed by atoms with Crippen LogP contribution in [0.4, 0.5) is 0 Å². The van der Waals surface area contributed by atoms with Crippen molar-refractivity contribution in [3.63, 3.8) is 0 Å². The quantitative estimate of drug-likeness (QED) is 0.524. The molecule has 26 heavy (non-hydrogen) atoms. The molecule has 0 aliphatic heterocycles. The van der Waals surface area contributed by atoms with E-state index in [1.807, 2.05) is 6.92 Å². The van der Waals surface area contributed by atoms with Gasteiger partial charge in [-0.15, -0.1) is 0 Å². The molecule has 0 aromatic carbocycles. The Hall–Kier alpha value is -2.11. The van der Waals surface area contributed by atoms with Gasteiger partial charge in [0.25, 0.3) is 0 Å². The molecule has 0 aliphatic carbocycles. The number of amides is 1. The fraction of sp³-hybridized carbons (Fsp3) is 0.650. The SMILES string of the molecule is CCOC(=O)c1c(C)c(C(=O)C(C)N(CCC(C)C)C(C)=O)c(C)n1C. The molecule has 0 saturated heterocycles. The van der Waals surface area contributed by atoms with Crippen LogP contribution >= 0.6 is 0 Å². The molecule has 1 aromatic rings. The number of rotatable bonds is 8. The smallest absolute Gasteiger partial charge is 0.355 e. The first-order valence-corrected chi connectivity index (χ1v) is 9.18. The lowest BCUT2D eigenvalue weighted by Gasteiger charge is -2.28. The molecule has 6 heteroatoms. The van der Waals surface area contributed by atoms with E-state index >= 15 is 0 Å². The Balaban J connectivity index is 3.25. The normalized spacial score (nSPS) is 12.2. The van der Waals surface area contributed by atoms with E-state index in [0.717, 1.165) is 6.42 Å². The summed E-state index contributed by atoms with van der Waals surface area (Å²) in [6, 6.07) is -0.582. The summed E-state index contributed by atoms with van der Waals surface area (Å²) in [5, 5.41) is 0. The second-order valence-electron chi connectivity index (χ2n) is 7.15. The molecular weight excluding hydrogens is 332 g/mol. The highest BCUT2D eigenvalue weighted by molar-refractivity contribution is 6.06. The number of hydrogen-bond donors (Lipinski definition) is 0. The highest BCUT2D eigenvalue weighted by atomic mass is 16.5. The van der Waals surface area contributed by atoms with Crippen LogP contribution in [0.5, 0.6) is 0 Å². The molecule has 146 valence electrons. The number of hydrogen-bond acceptors (Lipinski definition) is 4. The maximum Gasteiger partial charge on any atom is 0.355 e. The van der Waals surface area contributed by atoms with Gasteiger partial charge in [0, 0.05) is 31.8 Å². The molecular formula is C20H32N2O4. The van der Waals surface area contributed by atoms with Gasteiger partial charge in [-0.2, -0.15) is 0 Å². The number of aromatic nitrogens is 1. The summed E-state index contributed by atoms with van der Waals surface area (Å²) in [4.78, 5) is 39.1. The molecule has 1 unspecified atom stereocenters. The van der Waals surface area contributed by atoms with Gasteiger partial charge in [-0.25, -0.2) is 4.79 Å². The lowest BCUT2D eigenvalue weighted by Crippen LogP contribution is -2.43. The molecule has 0 saturated carbocycles. The van der Waals surface area contributed by atoms with E-state index in [1.54, 1.807) is 37.3 Å². The Morgan fingerprint density at radius 3 is 2.19 bits per heavy atom. The molecule has 0 radical (unpaired) electrons. The molecule has 0 fully saturated rings. The standard InChI is InChI=1S/C20H32N2O4/c1-9-26-20(25)18-13(4)17(14(5)21(18)8)19(24)15(6)22(16(7)23)11-10-12(2)3/h12,15H,9-11H2,1-8H3. The fourth-order valence-electron chi connectivity index (χ4n) is 3.20. The minimum Gasteiger partial charge on any atom is -0.461 e. The van der Waals surface area contributed by atoms with E-state index in [-0.39, 0.29) is 18.3 Å². The van der Waals surface area contributed by atoms with E-state index in [4.69, 9.17) is 4.74 Å². The van der Waals surface area contributed by atoms with Crippen LogP contribution in [-0.2, 0) is 16.6 Å². The number of nitrogens with zero attached hydrogens (tertiary/aromatic N) is 2. The first-order valence-electron chi connectivity index (χ1n) is 9.18. The van der Waals surface area contributed by atoms with E-state index in [9.17, 15) is 14.4 Å². The van der Waals surface area contributed by atoms with Crippen LogP contribution in [0.1, 0.15) is 73.1 Å². The molecule has 0 aliphatic rings. The zero-order chi connectivity index (χ0) is 20.2. The van der Waals surface area contributed by atoms with Gasteiger partial charge in [-0.3, -0.25) is 9.59 Å². The topological polar surface area (TPSA) is 68.6 Å². The van der Waals surface area contributed by atoms with Gasteiger partial charge >= 0.3 is 5.97 Å². The number of ether oxygens (including phenoxy) is 1. The predicted molar refractivity (Wildman–Crippen MR) is 101 cm³/mol. The van der Waals surface area contributed by atoms with Gasteiger partial charge in [-0.1, -0.05) is 13.8 Å². The van der Waals surface area contributed by atoms with Crippen LogP contribution < -0.4 is 0 Å². The van der Waals surface area contributed by atoms with Crippen LogP contribution in [-0.4, -0.2) is 46.3 Å². The molecule has 0 bridgehead atoms. The monoisotopic (exact) mass is 364 g/mol. The summed E-state index contributed by atoms with van der Waals surface area (Å²) >= 11 is 0. The lowest BCUT2D eigenvalue weighted by molar-refractivity contribution is -0.130. The lowest BCUT2D eigenvalue weighted by atomic mass is 9.99. The first-order chi connectivity index (χ1) is 12.0. The summed E-state index contributed by atoms with van der Waals surface area (Å²) in [5.41, 5.74) is 2.19. The van der Waals surface area contributed by atoms with Crippen LogP contribution in [0, 0.1) is 19.8 Å². The van der Waals surface area contributed by atoms with Crippen LogP contribution in [0.15, 0.2) is 0 Å². The van der Waals surface area contributed by atoms with Crippen molar-refractivity contribution in [1.82, 2.24) is 9.47 Å². The van der Waals surface area contributed by atoms with E-state index in [0.29, 0.717) is 35.0 Å². The van der Waals surface area contributed by atoms with Crippen molar-refractivity contribution in [2.45, 2.75) is 60.9 Å². The fourth-order valence-corrected chi connectivity index (χ4v) is 3.20. The average Bonchev–Trinajstić information content (AvgIpc) is 2.76. The number of carbonyl (C=O) groups excluding carboxylic acids is 3. The molecule has 1 heterocycles. The van der Waals surface area contributed by atoms with E-state index in [2.05, 4.69) is 13.8 Å². The van der Waals surface area contributed by atoms with Crippen molar-refractivity contribution in [2.75, 3.05) is 13.2 Å². The van der Waals surface area contributed by atoms with Crippen LogP contribution in [0.3, 0.4) is 0 Å². The third-order valence-electron chi connectivity index (χ3n) is 4.84. The number of Topliss-reactive ketones (excluding diaryl/α,β-unsaturated/α-hetero) is 1. The third kappa shape index (κ3) is 4.54. The van der Waals surface area contributed by atoms with Crippen molar-refractivity contribution in [3.05, 3.63) is 22.5 Å². The summed E-state index contributed by atoms with van der Waals surface area (Å²) in [7, 11) is 1.75. The summed E-state index contributed by atoms with van der Waals surface area (Å²) in [6.07, 6.45) is 0.831. The van der Waals surface area contributed by atoms with Crippen molar-refractivity contribution in [1.29, 1.82) is 0 Å². The van der Waals surface area contributed by atoms with Crippen LogP contribution in [0.25, 0.3) is 0 Å². The van der Waals surface area contributed by atoms with Gasteiger partial charge in [0.1, 0.15) is 5.69 Å². The number of carbonyl (C=O) groups is 3. The van der Waals surface area contributed by atoms with E-state index < -0.39 is 12.0 Å². The number of esters is 1. The zero-order valence-corrected chi connectivity index (χ0v) is 17.3. The van der Waals surface area contributed by atoms with Crippen molar-refractivity contribution >= 4 is 17.7 Å². The molecule has 0 N–H and O–H groups in total. The summed E-state index contributed by atoms with van der Waals surface area (Å²) < 4.78 is 6.81. The van der Waals surface area contributed by atoms with Crippen molar-refractivity contribution < 1.29 is 19.1 Å². The predicted octanol–water partition coefficient (Wildman–Crippen LogP) is 3.28. The van der Waals surface area contributed by atoms with Gasteiger partial charge in [0.15, 0.2) is 5.78 Å². The molecule has 6 nitrogen and oxygen atoms in total. The minimum atomic E-state index is -0.582. The number of ketones is 1. The summed E-state index contributed by atoms with van der Waals surface area (Å²) in [5.74, 6) is -0.270. The highest BCUT2D eigenvalue weighted by Gasteiger charge is 2.31. The molecule has 1 aromatic heterocycles. The van der Waals surface area contributed by atoms with Gasteiger partial charge < -0.3 is 14.2 Å². The van der Waals surface area contributed by atoms with Crippen molar-refractivity contribution in [3.8, 4) is 0 Å². The zero-order valence-electron chi connectivity index (χ0n) is 17.3. The molecule has 1 rings (SSSR count). The Morgan fingerprint density at radius 2 is 1.73 bits per heavy atom. The second-order valence-corrected chi connectivity index (χ2v) is 7.15. The highest BCUT2D eigenvalue weighted by Crippen LogP contribution is 2.25. The Labute approximate surface area is 156 Å². The maximum atomic E-state index is 13.2. The van der Waals surface area contributed by atoms with Gasteiger partial charge in [-0.05, 0) is 45.6 Å². The molecule has 1 atom stereocenters. The molecule has 1 amide bonds. The van der Waals surface area contributed by atoms with Crippen molar-refractivity contribution in [2.24, 2.45) is 13.0 Å². The summed E-state index contributed by atoms with van der Waals surface area (Å²) in [6.45, 7) is 13.5. The first kappa shape index (κ1) is 21.9. The second kappa shape index (κ2) is 9.01. The molecule has 0 spiro atoms. The Bertz CT molecular complexity index is 688. The average molecular weight is 364 g/mol. The Morgan fingerprint density at radius 1 is 1.15 bits per heavy atom. The van der Waals surface area contributed by atoms with Crippen LogP contribution in [0.2, 0.25) is 0 Å². The van der Waals surface area contributed by atoms with Gasteiger partial charge in [0.2, 0.25) is 5.91 Å². The third-order valence-corrected chi connectivity index (χ3v) is 4.84.